The molecule has 0 aliphatic carbocycles. The van der Waals surface area contributed by atoms with Gasteiger partial charge in [-0.25, -0.2) is 0 Å². The molecule has 0 saturated heterocycles. The maximum Gasteiger partial charge on any atom is 0.0640 e. The zero-order chi connectivity index (χ0) is 13.1. The third kappa shape index (κ3) is 2.69. The van der Waals surface area contributed by atoms with Gasteiger partial charge in [0.25, 0.3) is 0 Å². The average molecular weight is 280 g/mol. The number of hydrogen-bond donors (Lipinski definition) is 1. The van der Waals surface area contributed by atoms with E-state index in [0.717, 1.165) is 5.56 Å². The minimum Gasteiger partial charge on any atom is -0.323 e. The number of benzene rings is 2. The Morgan fingerprint density at radius 2 is 1.61 bits per heavy atom. The van der Waals surface area contributed by atoms with Crippen LogP contribution >= 0.6 is 23.2 Å². The van der Waals surface area contributed by atoms with Gasteiger partial charge < -0.3 is 5.73 Å². The quantitative estimate of drug-likeness (QED) is 0.858. The van der Waals surface area contributed by atoms with Gasteiger partial charge in [0.15, 0.2) is 0 Å². The van der Waals surface area contributed by atoms with E-state index in [1.54, 1.807) is 6.07 Å². The van der Waals surface area contributed by atoms with Gasteiger partial charge >= 0.3 is 0 Å². The van der Waals surface area contributed by atoms with Crippen molar-refractivity contribution in [3.05, 3.63) is 69.7 Å². The first-order chi connectivity index (χ1) is 8.61. The Morgan fingerprint density at radius 3 is 2.28 bits per heavy atom. The fourth-order valence-corrected chi connectivity index (χ4v) is 2.45. The summed E-state index contributed by atoms with van der Waals surface area (Å²) in [7, 11) is 0. The number of hydrogen-bond acceptors (Lipinski definition) is 1. The van der Waals surface area contributed by atoms with Crippen molar-refractivity contribution in [1.29, 1.82) is 0 Å². The lowest BCUT2D eigenvalue weighted by Gasteiger charge is -2.22. The molecule has 2 aromatic carbocycles. The van der Waals surface area contributed by atoms with Gasteiger partial charge in [-0.1, -0.05) is 72.6 Å². The summed E-state index contributed by atoms with van der Waals surface area (Å²) in [6.07, 6.45) is 0. The van der Waals surface area contributed by atoms with Crippen molar-refractivity contribution in [2.75, 3.05) is 0 Å². The van der Waals surface area contributed by atoms with E-state index in [-0.39, 0.29) is 12.0 Å². The van der Waals surface area contributed by atoms with E-state index in [1.807, 2.05) is 30.3 Å². The van der Waals surface area contributed by atoms with Crippen LogP contribution in [0, 0.1) is 0 Å². The Hall–Kier alpha value is -1.02. The molecule has 0 aromatic heterocycles. The molecule has 0 spiro atoms. The largest absolute Gasteiger partial charge is 0.323 e. The Labute approximate surface area is 118 Å². The highest BCUT2D eigenvalue weighted by molar-refractivity contribution is 6.42. The molecule has 2 unspecified atom stereocenters. The third-order valence-electron chi connectivity index (χ3n) is 3.20. The topological polar surface area (TPSA) is 26.0 Å². The Morgan fingerprint density at radius 1 is 0.944 bits per heavy atom. The Bertz CT molecular complexity index is 525. The Kier molecular flexibility index (Phi) is 4.28. The molecule has 2 rings (SSSR count). The van der Waals surface area contributed by atoms with Crippen LogP contribution in [0.15, 0.2) is 48.5 Å². The number of halogens is 2. The monoisotopic (exact) mass is 279 g/mol. The molecule has 3 heteroatoms. The van der Waals surface area contributed by atoms with Gasteiger partial charge in [-0.15, -0.1) is 0 Å². The average Bonchev–Trinajstić information content (AvgIpc) is 2.41. The van der Waals surface area contributed by atoms with E-state index in [9.17, 15) is 0 Å². The molecule has 0 radical (unpaired) electrons. The lowest BCUT2D eigenvalue weighted by atomic mass is 9.89. The highest BCUT2D eigenvalue weighted by Gasteiger charge is 2.19. The molecule has 0 amide bonds. The molecule has 1 nitrogen and oxygen atoms in total. The van der Waals surface area contributed by atoms with Gasteiger partial charge in [-0.3, -0.25) is 0 Å². The molecule has 18 heavy (non-hydrogen) atoms. The van der Waals surface area contributed by atoms with E-state index in [2.05, 4.69) is 19.1 Å². The molecule has 2 N–H and O–H groups in total. The molecule has 0 fully saturated rings. The van der Waals surface area contributed by atoms with Gasteiger partial charge in [0.05, 0.1) is 10.0 Å². The van der Waals surface area contributed by atoms with Crippen molar-refractivity contribution in [1.82, 2.24) is 0 Å². The standard InChI is InChI=1S/C15H15Cl2N/c1-10(11-6-3-2-4-7-11)15(18)12-8-5-9-13(16)14(12)17/h2-10,15H,18H2,1H3. The summed E-state index contributed by atoms with van der Waals surface area (Å²) in [4.78, 5) is 0. The second-order valence-corrected chi connectivity index (χ2v) is 5.15. The predicted octanol–water partition coefficient (Wildman–Crippen LogP) is 4.80. The summed E-state index contributed by atoms with van der Waals surface area (Å²) in [5.41, 5.74) is 8.38. The van der Waals surface area contributed by atoms with Gasteiger partial charge in [0.2, 0.25) is 0 Å². The van der Waals surface area contributed by atoms with Crippen LogP contribution in [0.2, 0.25) is 10.0 Å². The number of rotatable bonds is 3. The normalized spacial score (nSPS) is 14.2. The van der Waals surface area contributed by atoms with Crippen LogP contribution in [0.25, 0.3) is 0 Å². The lowest BCUT2D eigenvalue weighted by Crippen LogP contribution is -2.18. The first kappa shape index (κ1) is 13.4. The summed E-state index contributed by atoms with van der Waals surface area (Å²) < 4.78 is 0. The smallest absolute Gasteiger partial charge is 0.0640 e. The molecule has 2 atom stereocenters. The maximum atomic E-state index is 6.30. The molecule has 0 heterocycles. The van der Waals surface area contributed by atoms with E-state index < -0.39 is 0 Å². The number of nitrogens with two attached hydrogens (primary N) is 1. The SMILES string of the molecule is CC(c1ccccc1)C(N)c1cccc(Cl)c1Cl. The van der Waals surface area contributed by atoms with Crippen molar-refractivity contribution in [2.45, 2.75) is 18.9 Å². The fourth-order valence-electron chi connectivity index (χ4n) is 2.01. The zero-order valence-corrected chi connectivity index (χ0v) is 11.6. The van der Waals surface area contributed by atoms with Gasteiger partial charge in [-0.2, -0.15) is 0 Å². The molecule has 0 saturated carbocycles. The van der Waals surface area contributed by atoms with Crippen molar-refractivity contribution in [3.63, 3.8) is 0 Å². The van der Waals surface area contributed by atoms with Gasteiger partial charge in [-0.05, 0) is 17.2 Å². The van der Waals surface area contributed by atoms with Crippen molar-refractivity contribution in [2.24, 2.45) is 5.73 Å². The van der Waals surface area contributed by atoms with Crippen LogP contribution in [0.1, 0.15) is 30.0 Å². The summed E-state index contributed by atoms with van der Waals surface area (Å²) in [6.45, 7) is 2.09. The summed E-state index contributed by atoms with van der Waals surface area (Å²) in [5.74, 6) is 0.183. The maximum absolute atomic E-state index is 6.30. The molecule has 2 aromatic rings. The fraction of sp³-hybridized carbons (Fsp3) is 0.200. The molecular weight excluding hydrogens is 265 g/mol. The second-order valence-electron chi connectivity index (χ2n) is 4.37. The minimum absolute atomic E-state index is 0.168. The third-order valence-corrected chi connectivity index (χ3v) is 4.04. The van der Waals surface area contributed by atoms with E-state index >= 15 is 0 Å². The first-order valence-electron chi connectivity index (χ1n) is 5.85. The molecule has 0 aliphatic heterocycles. The Balaban J connectivity index is 2.31. The predicted molar refractivity (Wildman–Crippen MR) is 78.2 cm³/mol. The van der Waals surface area contributed by atoms with Crippen molar-refractivity contribution < 1.29 is 0 Å². The van der Waals surface area contributed by atoms with Gasteiger partial charge in [0, 0.05) is 12.0 Å². The minimum atomic E-state index is -0.168. The molecular formula is C15H15Cl2N. The molecule has 94 valence electrons. The van der Waals surface area contributed by atoms with Crippen LogP contribution in [-0.2, 0) is 0 Å². The van der Waals surface area contributed by atoms with E-state index in [4.69, 9.17) is 28.9 Å². The summed E-state index contributed by atoms with van der Waals surface area (Å²) in [6, 6.07) is 15.6. The van der Waals surface area contributed by atoms with Crippen LogP contribution in [0.3, 0.4) is 0 Å². The van der Waals surface area contributed by atoms with Crippen molar-refractivity contribution >= 4 is 23.2 Å². The van der Waals surface area contributed by atoms with Gasteiger partial charge in [0.1, 0.15) is 0 Å². The molecule has 0 bridgehead atoms. The van der Waals surface area contributed by atoms with Crippen LogP contribution < -0.4 is 5.73 Å². The van der Waals surface area contributed by atoms with Crippen LogP contribution in [0.5, 0.6) is 0 Å². The highest BCUT2D eigenvalue weighted by atomic mass is 35.5. The van der Waals surface area contributed by atoms with E-state index in [1.165, 1.54) is 5.56 Å². The van der Waals surface area contributed by atoms with Crippen LogP contribution in [0.4, 0.5) is 0 Å². The zero-order valence-electron chi connectivity index (χ0n) is 10.1. The van der Waals surface area contributed by atoms with E-state index in [0.29, 0.717) is 10.0 Å². The highest BCUT2D eigenvalue weighted by Crippen LogP contribution is 2.35. The lowest BCUT2D eigenvalue weighted by molar-refractivity contribution is 0.598. The molecule has 0 aliphatic rings. The van der Waals surface area contributed by atoms with Crippen molar-refractivity contribution in [3.8, 4) is 0 Å². The first-order valence-corrected chi connectivity index (χ1v) is 6.61. The summed E-state index contributed by atoms with van der Waals surface area (Å²) in [5, 5.41) is 1.10. The van der Waals surface area contributed by atoms with Crippen LogP contribution in [-0.4, -0.2) is 0 Å². The summed E-state index contributed by atoms with van der Waals surface area (Å²) >= 11 is 12.2. The second kappa shape index (κ2) is 5.75.